The van der Waals surface area contributed by atoms with Gasteiger partial charge in [-0.15, -0.1) is 0 Å². The maximum absolute atomic E-state index is 9.93. The van der Waals surface area contributed by atoms with Crippen LogP contribution in [-0.4, -0.2) is 104 Å². The third kappa shape index (κ3) is 3.26. The minimum absolute atomic E-state index is 0.619. The Balaban J connectivity index is 2.06. The fraction of sp³-hybridized carbons (Fsp3) is 1.00. The predicted molar refractivity (Wildman–Crippen MR) is 67.2 cm³/mol. The third-order valence-corrected chi connectivity index (χ3v) is 3.94. The molecule has 10 nitrogen and oxygen atoms in total. The van der Waals surface area contributed by atoms with Crippen LogP contribution in [0.1, 0.15) is 6.92 Å². The first-order valence-corrected chi connectivity index (χ1v) is 6.93. The standard InChI is InChI=1S/C12H22O10/c1-3-5(14)7(16)9(18)12(20-3)22-10-8(17)6(15)4(2-13)21-11(10)19/h3-19H,2H2,1H3/t3-,4+,5+,6+,7+,8-,9-,10-,11-,12+/m0/s1. The molecule has 2 heterocycles. The summed E-state index contributed by atoms with van der Waals surface area (Å²) in [4.78, 5) is 0. The molecule has 2 saturated heterocycles. The Morgan fingerprint density at radius 1 is 0.818 bits per heavy atom. The van der Waals surface area contributed by atoms with Gasteiger partial charge in [0.15, 0.2) is 12.6 Å². The van der Waals surface area contributed by atoms with Crippen molar-refractivity contribution in [2.24, 2.45) is 0 Å². The van der Waals surface area contributed by atoms with Gasteiger partial charge in [-0.05, 0) is 6.92 Å². The van der Waals surface area contributed by atoms with Crippen molar-refractivity contribution >= 4 is 0 Å². The highest BCUT2D eigenvalue weighted by atomic mass is 16.7. The third-order valence-electron chi connectivity index (χ3n) is 3.94. The highest BCUT2D eigenvalue weighted by Crippen LogP contribution is 2.28. The summed E-state index contributed by atoms with van der Waals surface area (Å²) in [6, 6.07) is 0. The minimum Gasteiger partial charge on any atom is -0.394 e. The van der Waals surface area contributed by atoms with E-state index in [0.29, 0.717) is 0 Å². The maximum Gasteiger partial charge on any atom is 0.187 e. The molecule has 10 atom stereocenters. The van der Waals surface area contributed by atoms with Gasteiger partial charge in [0.25, 0.3) is 0 Å². The molecule has 10 heteroatoms. The Morgan fingerprint density at radius 2 is 1.45 bits per heavy atom. The van der Waals surface area contributed by atoms with E-state index in [2.05, 4.69) is 0 Å². The van der Waals surface area contributed by atoms with Gasteiger partial charge in [-0.1, -0.05) is 0 Å². The molecule has 0 aromatic carbocycles. The first kappa shape index (κ1) is 17.9. The topological polar surface area (TPSA) is 169 Å². The van der Waals surface area contributed by atoms with Gasteiger partial charge >= 0.3 is 0 Å². The van der Waals surface area contributed by atoms with E-state index in [4.69, 9.17) is 19.3 Å². The summed E-state index contributed by atoms with van der Waals surface area (Å²) < 4.78 is 15.3. The molecular formula is C12H22O10. The van der Waals surface area contributed by atoms with Crippen molar-refractivity contribution < 1.29 is 50.0 Å². The average Bonchev–Trinajstić information content (AvgIpc) is 2.49. The van der Waals surface area contributed by atoms with E-state index in [1.807, 2.05) is 0 Å². The first-order valence-electron chi connectivity index (χ1n) is 6.93. The second-order valence-electron chi connectivity index (χ2n) is 5.51. The zero-order valence-corrected chi connectivity index (χ0v) is 11.8. The smallest absolute Gasteiger partial charge is 0.187 e. The van der Waals surface area contributed by atoms with Crippen LogP contribution >= 0.6 is 0 Å². The fourth-order valence-electron chi connectivity index (χ4n) is 2.50. The van der Waals surface area contributed by atoms with Crippen LogP contribution < -0.4 is 0 Å². The van der Waals surface area contributed by atoms with Crippen molar-refractivity contribution in [3.8, 4) is 0 Å². The predicted octanol–water partition coefficient (Wildman–Crippen LogP) is -4.37. The van der Waals surface area contributed by atoms with Crippen LogP contribution in [0.4, 0.5) is 0 Å². The van der Waals surface area contributed by atoms with Crippen molar-refractivity contribution in [3.05, 3.63) is 0 Å². The van der Waals surface area contributed by atoms with Gasteiger partial charge in [0.2, 0.25) is 0 Å². The zero-order chi connectivity index (χ0) is 16.6. The summed E-state index contributed by atoms with van der Waals surface area (Å²) in [7, 11) is 0. The van der Waals surface area contributed by atoms with Gasteiger partial charge in [-0.25, -0.2) is 0 Å². The summed E-state index contributed by atoms with van der Waals surface area (Å²) in [5, 5.41) is 67.5. The molecule has 0 spiro atoms. The molecule has 130 valence electrons. The van der Waals surface area contributed by atoms with Crippen LogP contribution in [0.5, 0.6) is 0 Å². The summed E-state index contributed by atoms with van der Waals surface area (Å²) >= 11 is 0. The Hall–Kier alpha value is -0.400. The summed E-state index contributed by atoms with van der Waals surface area (Å²) in [6.07, 6.45) is -14.3. The summed E-state index contributed by atoms with van der Waals surface area (Å²) in [6.45, 7) is 0.823. The minimum atomic E-state index is -1.69. The molecule has 22 heavy (non-hydrogen) atoms. The van der Waals surface area contributed by atoms with Crippen LogP contribution in [0, 0.1) is 0 Å². The van der Waals surface area contributed by atoms with Gasteiger partial charge < -0.3 is 50.0 Å². The van der Waals surface area contributed by atoms with E-state index < -0.39 is 68.0 Å². The molecule has 0 aliphatic carbocycles. The molecule has 2 aliphatic heterocycles. The van der Waals surface area contributed by atoms with E-state index in [-0.39, 0.29) is 0 Å². The number of hydrogen-bond acceptors (Lipinski definition) is 10. The van der Waals surface area contributed by atoms with Gasteiger partial charge in [0.1, 0.15) is 42.7 Å². The number of hydrogen-bond donors (Lipinski definition) is 7. The van der Waals surface area contributed by atoms with E-state index in [1.54, 1.807) is 0 Å². The van der Waals surface area contributed by atoms with Crippen LogP contribution in [0.25, 0.3) is 0 Å². The molecule has 0 unspecified atom stereocenters. The van der Waals surface area contributed by atoms with Gasteiger partial charge in [-0.2, -0.15) is 0 Å². The molecule has 7 N–H and O–H groups in total. The van der Waals surface area contributed by atoms with Crippen molar-refractivity contribution in [2.45, 2.75) is 68.3 Å². The lowest BCUT2D eigenvalue weighted by Gasteiger charge is -2.44. The fourth-order valence-corrected chi connectivity index (χ4v) is 2.50. The average molecular weight is 326 g/mol. The molecule has 0 amide bonds. The monoisotopic (exact) mass is 326 g/mol. The Labute approximate surface area is 126 Å². The first-order chi connectivity index (χ1) is 10.3. The second kappa shape index (κ2) is 7.01. The maximum atomic E-state index is 9.93. The van der Waals surface area contributed by atoms with E-state index in [0.717, 1.165) is 0 Å². The van der Waals surface area contributed by atoms with Gasteiger partial charge in [0, 0.05) is 0 Å². The SMILES string of the molecule is C[C@@H]1O[C@H](O[C@H]2[C@@H](O)[C@H](O)[C@@H](CO)O[C@@H]2O)[C@@H](O)[C@H](O)[C@@H]1O. The lowest BCUT2D eigenvalue weighted by molar-refractivity contribution is -0.358. The molecule has 2 aliphatic rings. The van der Waals surface area contributed by atoms with Crippen molar-refractivity contribution in [3.63, 3.8) is 0 Å². The zero-order valence-electron chi connectivity index (χ0n) is 11.8. The normalized spacial score (nSPS) is 53.5. The molecule has 0 aromatic rings. The summed E-state index contributed by atoms with van der Waals surface area (Å²) in [5.41, 5.74) is 0. The highest BCUT2D eigenvalue weighted by Gasteiger charge is 2.49. The number of ether oxygens (including phenoxy) is 3. The number of aliphatic hydroxyl groups is 7. The van der Waals surface area contributed by atoms with Gasteiger partial charge in [-0.3, -0.25) is 0 Å². The van der Waals surface area contributed by atoms with Gasteiger partial charge in [0.05, 0.1) is 12.7 Å². The van der Waals surface area contributed by atoms with E-state index in [9.17, 15) is 30.6 Å². The number of rotatable bonds is 3. The van der Waals surface area contributed by atoms with Crippen LogP contribution in [-0.2, 0) is 14.2 Å². The van der Waals surface area contributed by atoms with Crippen LogP contribution in [0.2, 0.25) is 0 Å². The molecular weight excluding hydrogens is 304 g/mol. The highest BCUT2D eigenvalue weighted by molar-refractivity contribution is 4.92. The molecule has 0 bridgehead atoms. The Bertz CT molecular complexity index is 368. The molecule has 0 aromatic heterocycles. The lowest BCUT2D eigenvalue weighted by atomic mass is 9.97. The Kier molecular flexibility index (Phi) is 5.72. The lowest BCUT2D eigenvalue weighted by Crippen LogP contribution is -2.63. The van der Waals surface area contributed by atoms with Crippen molar-refractivity contribution in [2.75, 3.05) is 6.61 Å². The van der Waals surface area contributed by atoms with Crippen molar-refractivity contribution in [1.82, 2.24) is 0 Å². The molecule has 0 saturated carbocycles. The van der Waals surface area contributed by atoms with Crippen LogP contribution in [0.15, 0.2) is 0 Å². The number of aliphatic hydroxyl groups excluding tert-OH is 7. The Morgan fingerprint density at radius 3 is 2.05 bits per heavy atom. The summed E-state index contributed by atoms with van der Waals surface area (Å²) in [5.74, 6) is 0. The molecule has 2 rings (SSSR count). The molecule has 0 radical (unpaired) electrons. The van der Waals surface area contributed by atoms with E-state index >= 15 is 0 Å². The van der Waals surface area contributed by atoms with Crippen LogP contribution in [0.3, 0.4) is 0 Å². The second-order valence-corrected chi connectivity index (χ2v) is 5.51. The largest absolute Gasteiger partial charge is 0.394 e. The van der Waals surface area contributed by atoms with Crippen molar-refractivity contribution in [1.29, 1.82) is 0 Å². The molecule has 2 fully saturated rings. The quantitative estimate of drug-likeness (QED) is 0.269. The van der Waals surface area contributed by atoms with E-state index in [1.165, 1.54) is 6.92 Å².